The third-order valence-electron chi connectivity index (χ3n) is 2.55. The largest absolute Gasteiger partial charge is 0.481 e. The normalized spacial score (nSPS) is 12.4. The molecular formula is C12H22O2. The minimum absolute atomic E-state index is 0.130. The van der Waals surface area contributed by atoms with E-state index in [9.17, 15) is 4.79 Å². The molecule has 2 nitrogen and oxygen atoms in total. The topological polar surface area (TPSA) is 37.3 Å². The van der Waals surface area contributed by atoms with Crippen LogP contribution in [-0.4, -0.2) is 11.1 Å². The third kappa shape index (κ3) is 6.70. The molecule has 0 bridgehead atoms. The highest BCUT2D eigenvalue weighted by Crippen LogP contribution is 2.14. The van der Waals surface area contributed by atoms with Crippen LogP contribution in [0.25, 0.3) is 0 Å². The zero-order valence-electron chi connectivity index (χ0n) is 9.17. The second-order valence-electron chi connectivity index (χ2n) is 3.72. The summed E-state index contributed by atoms with van der Waals surface area (Å²) in [7, 11) is 0. The highest BCUT2D eigenvalue weighted by Gasteiger charge is 2.13. The number of hydrogen-bond donors (Lipinski definition) is 1. The molecule has 0 saturated heterocycles. The van der Waals surface area contributed by atoms with E-state index in [0.29, 0.717) is 0 Å². The van der Waals surface area contributed by atoms with Gasteiger partial charge in [-0.25, -0.2) is 0 Å². The second-order valence-corrected chi connectivity index (χ2v) is 3.72. The monoisotopic (exact) mass is 198 g/mol. The van der Waals surface area contributed by atoms with Crippen LogP contribution in [0.15, 0.2) is 12.7 Å². The van der Waals surface area contributed by atoms with E-state index in [1.165, 1.54) is 12.8 Å². The fraction of sp³-hybridized carbons (Fsp3) is 0.750. The Morgan fingerprint density at radius 1 is 1.36 bits per heavy atom. The van der Waals surface area contributed by atoms with Crippen LogP contribution in [0.2, 0.25) is 0 Å². The molecule has 0 heterocycles. The van der Waals surface area contributed by atoms with Gasteiger partial charge in [0.1, 0.15) is 0 Å². The average Bonchev–Trinajstić information content (AvgIpc) is 2.16. The van der Waals surface area contributed by atoms with Gasteiger partial charge < -0.3 is 5.11 Å². The maximum atomic E-state index is 10.7. The lowest BCUT2D eigenvalue weighted by Crippen LogP contribution is -2.12. The summed E-state index contributed by atoms with van der Waals surface area (Å²) in [5.74, 6) is -0.770. The number of carboxylic acids is 1. The second kappa shape index (κ2) is 8.79. The molecular weight excluding hydrogens is 176 g/mol. The van der Waals surface area contributed by atoms with E-state index in [-0.39, 0.29) is 5.92 Å². The lowest BCUT2D eigenvalue weighted by Gasteiger charge is -2.08. The molecule has 0 fully saturated rings. The van der Waals surface area contributed by atoms with E-state index in [2.05, 4.69) is 6.58 Å². The predicted molar refractivity (Wildman–Crippen MR) is 59.3 cm³/mol. The van der Waals surface area contributed by atoms with Crippen molar-refractivity contribution in [1.29, 1.82) is 0 Å². The molecule has 1 unspecified atom stereocenters. The first-order valence-corrected chi connectivity index (χ1v) is 5.56. The van der Waals surface area contributed by atoms with Crippen LogP contribution in [0.3, 0.4) is 0 Å². The molecule has 0 saturated carbocycles. The summed E-state index contributed by atoms with van der Waals surface area (Å²) >= 11 is 0. The van der Waals surface area contributed by atoms with Crippen LogP contribution in [0, 0.1) is 5.92 Å². The van der Waals surface area contributed by atoms with Crippen LogP contribution in [-0.2, 0) is 4.79 Å². The SMILES string of the molecule is C=CCCCCCCC(CC)C(=O)O. The first-order chi connectivity index (χ1) is 6.72. The number of carbonyl (C=O) groups is 1. The maximum absolute atomic E-state index is 10.7. The molecule has 0 aromatic heterocycles. The van der Waals surface area contributed by atoms with Gasteiger partial charge in [0, 0.05) is 0 Å². The van der Waals surface area contributed by atoms with Crippen LogP contribution in [0.5, 0.6) is 0 Å². The summed E-state index contributed by atoms with van der Waals surface area (Å²) in [6.07, 6.45) is 9.18. The molecule has 0 rings (SSSR count). The molecule has 0 aromatic rings. The number of carboxylic acid groups (broad SMARTS) is 1. The van der Waals surface area contributed by atoms with Crippen molar-refractivity contribution < 1.29 is 9.90 Å². The van der Waals surface area contributed by atoms with E-state index < -0.39 is 5.97 Å². The first-order valence-electron chi connectivity index (χ1n) is 5.56. The summed E-state index contributed by atoms with van der Waals surface area (Å²) in [6, 6.07) is 0. The van der Waals surface area contributed by atoms with Crippen molar-refractivity contribution in [2.24, 2.45) is 5.92 Å². The Kier molecular flexibility index (Phi) is 8.30. The Bertz CT molecular complexity index is 164. The summed E-state index contributed by atoms with van der Waals surface area (Å²) in [4.78, 5) is 10.7. The van der Waals surface area contributed by atoms with Gasteiger partial charge in [-0.1, -0.05) is 32.3 Å². The van der Waals surface area contributed by atoms with E-state index in [1.54, 1.807) is 0 Å². The van der Waals surface area contributed by atoms with Gasteiger partial charge in [-0.3, -0.25) is 4.79 Å². The van der Waals surface area contributed by atoms with Gasteiger partial charge in [-0.2, -0.15) is 0 Å². The van der Waals surface area contributed by atoms with Crippen LogP contribution in [0.4, 0.5) is 0 Å². The number of aliphatic carboxylic acids is 1. The van der Waals surface area contributed by atoms with Gasteiger partial charge >= 0.3 is 5.97 Å². The van der Waals surface area contributed by atoms with Gasteiger partial charge in [0.25, 0.3) is 0 Å². The summed E-state index contributed by atoms with van der Waals surface area (Å²) in [5, 5.41) is 8.80. The van der Waals surface area contributed by atoms with Crippen molar-refractivity contribution in [3.8, 4) is 0 Å². The molecule has 0 aliphatic carbocycles. The van der Waals surface area contributed by atoms with E-state index in [1.807, 2.05) is 13.0 Å². The van der Waals surface area contributed by atoms with Crippen molar-refractivity contribution in [2.75, 3.05) is 0 Å². The van der Waals surface area contributed by atoms with Crippen molar-refractivity contribution in [1.82, 2.24) is 0 Å². The molecule has 0 aliphatic heterocycles. The Labute approximate surface area is 87.0 Å². The quantitative estimate of drug-likeness (QED) is 0.454. The minimum atomic E-state index is -0.640. The summed E-state index contributed by atoms with van der Waals surface area (Å²) < 4.78 is 0. The zero-order chi connectivity index (χ0) is 10.8. The molecule has 1 N–H and O–H groups in total. The number of rotatable bonds is 9. The minimum Gasteiger partial charge on any atom is -0.481 e. The Morgan fingerprint density at radius 3 is 2.50 bits per heavy atom. The van der Waals surface area contributed by atoms with Gasteiger partial charge in [0.15, 0.2) is 0 Å². The molecule has 0 amide bonds. The van der Waals surface area contributed by atoms with Crippen molar-refractivity contribution in [3.63, 3.8) is 0 Å². The van der Waals surface area contributed by atoms with Crippen LogP contribution >= 0.6 is 0 Å². The Balaban J connectivity index is 3.33. The Morgan fingerprint density at radius 2 is 2.00 bits per heavy atom. The van der Waals surface area contributed by atoms with E-state index >= 15 is 0 Å². The van der Waals surface area contributed by atoms with Gasteiger partial charge in [-0.15, -0.1) is 6.58 Å². The first kappa shape index (κ1) is 13.2. The molecule has 0 spiro atoms. The van der Waals surface area contributed by atoms with Crippen molar-refractivity contribution >= 4 is 5.97 Å². The number of hydrogen-bond acceptors (Lipinski definition) is 1. The zero-order valence-corrected chi connectivity index (χ0v) is 9.17. The molecule has 14 heavy (non-hydrogen) atoms. The van der Waals surface area contributed by atoms with E-state index in [4.69, 9.17) is 5.11 Å². The molecule has 0 aromatic carbocycles. The number of allylic oxidation sites excluding steroid dienone is 1. The summed E-state index contributed by atoms with van der Waals surface area (Å²) in [6.45, 7) is 5.61. The summed E-state index contributed by atoms with van der Waals surface area (Å²) in [5.41, 5.74) is 0. The van der Waals surface area contributed by atoms with Gasteiger partial charge in [0.2, 0.25) is 0 Å². The highest BCUT2D eigenvalue weighted by molar-refractivity contribution is 5.69. The smallest absolute Gasteiger partial charge is 0.306 e. The van der Waals surface area contributed by atoms with Gasteiger partial charge in [0.05, 0.1) is 5.92 Å². The lowest BCUT2D eigenvalue weighted by molar-refractivity contribution is -0.142. The van der Waals surface area contributed by atoms with Crippen molar-refractivity contribution in [2.45, 2.75) is 51.9 Å². The lowest BCUT2D eigenvalue weighted by atomic mass is 9.98. The Hall–Kier alpha value is -0.790. The highest BCUT2D eigenvalue weighted by atomic mass is 16.4. The van der Waals surface area contributed by atoms with Crippen molar-refractivity contribution in [3.05, 3.63) is 12.7 Å². The molecule has 0 aliphatic rings. The standard InChI is InChI=1S/C12H22O2/c1-3-5-6-7-8-9-10-11(4-2)12(13)14/h3,11H,1,4-10H2,2H3,(H,13,14). The number of unbranched alkanes of at least 4 members (excludes halogenated alkanes) is 4. The predicted octanol–water partition coefficient (Wildman–Crippen LogP) is 3.62. The maximum Gasteiger partial charge on any atom is 0.306 e. The molecule has 82 valence electrons. The third-order valence-corrected chi connectivity index (χ3v) is 2.55. The van der Waals surface area contributed by atoms with Crippen LogP contribution < -0.4 is 0 Å². The fourth-order valence-electron chi connectivity index (χ4n) is 1.54. The molecule has 1 atom stereocenters. The van der Waals surface area contributed by atoms with Gasteiger partial charge in [-0.05, 0) is 25.7 Å². The molecule has 2 heteroatoms. The van der Waals surface area contributed by atoms with E-state index in [0.717, 1.165) is 32.1 Å². The fourth-order valence-corrected chi connectivity index (χ4v) is 1.54. The average molecular weight is 198 g/mol. The van der Waals surface area contributed by atoms with Crippen LogP contribution in [0.1, 0.15) is 51.9 Å². The molecule has 0 radical (unpaired) electrons.